The van der Waals surface area contributed by atoms with Crippen LogP contribution in [0, 0.1) is 5.41 Å². The van der Waals surface area contributed by atoms with Gasteiger partial charge in [0.1, 0.15) is 0 Å². The minimum atomic E-state index is -0.481. The number of aliphatic hydroxyl groups excluding tert-OH is 1. The average molecular weight is 466 g/mol. The molecule has 3 nitrogen and oxygen atoms in total. The summed E-state index contributed by atoms with van der Waals surface area (Å²) >= 11 is 1.70. The molecule has 1 aromatic carbocycles. The summed E-state index contributed by atoms with van der Waals surface area (Å²) in [6.07, 6.45) is 12.8. The second kappa shape index (κ2) is 11.3. The molecule has 33 heavy (non-hydrogen) atoms. The first-order valence-corrected chi connectivity index (χ1v) is 13.1. The molecule has 1 amide bonds. The Morgan fingerprint density at radius 2 is 2.09 bits per heavy atom. The number of allylic oxidation sites excluding steroid dienone is 5. The van der Waals surface area contributed by atoms with Gasteiger partial charge in [-0.1, -0.05) is 57.4 Å². The topological polar surface area (TPSA) is 49.3 Å². The molecule has 0 aliphatic heterocycles. The fourth-order valence-electron chi connectivity index (χ4n) is 4.62. The number of aliphatic hydroxyl groups is 1. The molecule has 1 aromatic heterocycles. The molecule has 4 heteroatoms. The lowest BCUT2D eigenvalue weighted by Gasteiger charge is -2.32. The third-order valence-electron chi connectivity index (χ3n) is 6.62. The number of fused-ring (bicyclic) bond motifs is 1. The summed E-state index contributed by atoms with van der Waals surface area (Å²) in [6.45, 7) is 11.5. The highest BCUT2D eigenvalue weighted by Gasteiger charge is 2.26. The van der Waals surface area contributed by atoms with Gasteiger partial charge in [-0.15, -0.1) is 11.3 Å². The van der Waals surface area contributed by atoms with Gasteiger partial charge in [-0.2, -0.15) is 0 Å². The van der Waals surface area contributed by atoms with E-state index in [0.29, 0.717) is 12.1 Å². The van der Waals surface area contributed by atoms with Crippen LogP contribution in [0.5, 0.6) is 0 Å². The van der Waals surface area contributed by atoms with Crippen LogP contribution in [0.2, 0.25) is 0 Å². The first kappa shape index (κ1) is 25.5. The zero-order valence-electron chi connectivity index (χ0n) is 20.8. The summed E-state index contributed by atoms with van der Waals surface area (Å²) in [5.41, 5.74) is 5.11. The van der Waals surface area contributed by atoms with Crippen molar-refractivity contribution >= 4 is 33.4 Å². The summed E-state index contributed by atoms with van der Waals surface area (Å²) in [5, 5.41) is 14.0. The van der Waals surface area contributed by atoms with Crippen molar-refractivity contribution in [1.29, 1.82) is 0 Å². The van der Waals surface area contributed by atoms with Crippen LogP contribution >= 0.6 is 11.3 Å². The van der Waals surface area contributed by atoms with Gasteiger partial charge in [-0.25, -0.2) is 0 Å². The first-order valence-electron chi connectivity index (χ1n) is 12.3. The number of carbonyl (C=O) groups excluding carboxylic acids is 1. The molecule has 0 fully saturated rings. The fourth-order valence-corrected chi connectivity index (χ4v) is 5.73. The number of nitrogens with one attached hydrogen (secondary N) is 1. The van der Waals surface area contributed by atoms with E-state index in [1.807, 2.05) is 18.2 Å². The lowest BCUT2D eigenvalue weighted by molar-refractivity contribution is 0.0909. The van der Waals surface area contributed by atoms with Crippen LogP contribution in [0.15, 0.2) is 53.1 Å². The molecular weight excluding hydrogens is 426 g/mol. The number of hydrogen-bond acceptors (Lipinski definition) is 3. The van der Waals surface area contributed by atoms with E-state index in [9.17, 15) is 9.90 Å². The summed E-state index contributed by atoms with van der Waals surface area (Å²) in [5.74, 6) is -0.129. The van der Waals surface area contributed by atoms with E-state index >= 15 is 0 Å². The Labute approximate surface area is 203 Å². The number of benzene rings is 1. The van der Waals surface area contributed by atoms with Crippen molar-refractivity contribution in [3.05, 3.63) is 63.6 Å². The SMILES string of the molecule is CCCCC(O)CNC(=O)c1ccc2cc(/C=C(\C)C=CC3=C(C)CCCC3(C)C)sc2c1. The zero-order chi connectivity index (χ0) is 24.0. The molecular formula is C29H39NO2S. The van der Waals surface area contributed by atoms with Gasteiger partial charge in [-0.3, -0.25) is 4.79 Å². The maximum atomic E-state index is 12.5. The van der Waals surface area contributed by atoms with Crippen molar-refractivity contribution in [2.75, 3.05) is 6.54 Å². The molecule has 0 spiro atoms. The molecule has 1 unspecified atom stereocenters. The van der Waals surface area contributed by atoms with Gasteiger partial charge in [0.05, 0.1) is 6.10 Å². The molecule has 1 aliphatic carbocycles. The Kier molecular flexibility index (Phi) is 8.72. The standard InChI is InChI=1S/C29H39NO2S/c1-6-7-10-24(31)19-30-28(32)23-13-12-22-17-25(33-27(22)18-23)16-20(2)11-14-26-21(3)9-8-15-29(26,4)5/h11-14,16-18,24,31H,6-10,15,19H2,1-5H3,(H,30,32)/b14-11?,20-16+. The van der Waals surface area contributed by atoms with Crippen molar-refractivity contribution in [2.24, 2.45) is 5.41 Å². The normalized spacial score (nSPS) is 17.7. The Hall–Kier alpha value is -2.17. The molecule has 0 saturated heterocycles. The van der Waals surface area contributed by atoms with E-state index in [2.05, 4.69) is 64.2 Å². The van der Waals surface area contributed by atoms with E-state index in [1.54, 1.807) is 11.3 Å². The van der Waals surface area contributed by atoms with E-state index in [4.69, 9.17) is 0 Å². The number of thiophene rings is 1. The predicted octanol–water partition coefficient (Wildman–Crippen LogP) is 7.67. The molecule has 0 bridgehead atoms. The van der Waals surface area contributed by atoms with Crippen LogP contribution in [0.3, 0.4) is 0 Å². The summed E-state index contributed by atoms with van der Waals surface area (Å²) in [7, 11) is 0. The summed E-state index contributed by atoms with van der Waals surface area (Å²) in [4.78, 5) is 13.7. The van der Waals surface area contributed by atoms with Crippen molar-refractivity contribution in [3.63, 3.8) is 0 Å². The number of unbranched alkanes of at least 4 members (excludes halogenated alkanes) is 1. The summed E-state index contributed by atoms with van der Waals surface area (Å²) < 4.78 is 1.10. The molecule has 1 aliphatic rings. The number of amides is 1. The maximum absolute atomic E-state index is 12.5. The second-order valence-electron chi connectivity index (χ2n) is 10.1. The molecule has 1 atom stereocenters. The monoisotopic (exact) mass is 465 g/mol. The van der Waals surface area contributed by atoms with Crippen LogP contribution in [0.4, 0.5) is 0 Å². The molecule has 2 N–H and O–H groups in total. The van der Waals surface area contributed by atoms with Crippen LogP contribution < -0.4 is 5.32 Å². The summed E-state index contributed by atoms with van der Waals surface area (Å²) in [6, 6.07) is 8.01. The maximum Gasteiger partial charge on any atom is 0.251 e. The number of hydrogen-bond donors (Lipinski definition) is 2. The molecule has 178 valence electrons. The van der Waals surface area contributed by atoms with Crippen LogP contribution in [-0.2, 0) is 0 Å². The molecule has 1 heterocycles. The average Bonchev–Trinajstić information content (AvgIpc) is 3.16. The second-order valence-corrected chi connectivity index (χ2v) is 11.2. The van der Waals surface area contributed by atoms with E-state index in [-0.39, 0.29) is 11.3 Å². The Bertz CT molecular complexity index is 1070. The lowest BCUT2D eigenvalue weighted by atomic mass is 9.72. The van der Waals surface area contributed by atoms with Gasteiger partial charge in [-0.05, 0) is 85.8 Å². The van der Waals surface area contributed by atoms with Gasteiger partial charge in [0, 0.05) is 21.7 Å². The van der Waals surface area contributed by atoms with Gasteiger partial charge in [0.15, 0.2) is 0 Å². The van der Waals surface area contributed by atoms with E-state index in [0.717, 1.165) is 29.3 Å². The minimum absolute atomic E-state index is 0.129. The van der Waals surface area contributed by atoms with Crippen LogP contribution in [-0.4, -0.2) is 23.7 Å². The fraction of sp³-hybridized carbons (Fsp3) is 0.483. The smallest absolute Gasteiger partial charge is 0.251 e. The van der Waals surface area contributed by atoms with Gasteiger partial charge < -0.3 is 10.4 Å². The molecule has 0 saturated carbocycles. The highest BCUT2D eigenvalue weighted by Crippen LogP contribution is 2.41. The highest BCUT2D eigenvalue weighted by atomic mass is 32.1. The van der Waals surface area contributed by atoms with E-state index < -0.39 is 6.10 Å². The van der Waals surface area contributed by atoms with Crippen molar-refractivity contribution in [3.8, 4) is 0 Å². The predicted molar refractivity (Wildman–Crippen MR) is 143 cm³/mol. The van der Waals surface area contributed by atoms with E-state index in [1.165, 1.54) is 40.9 Å². The third-order valence-corrected chi connectivity index (χ3v) is 7.66. The van der Waals surface area contributed by atoms with Crippen LogP contribution in [0.1, 0.15) is 88.4 Å². The Morgan fingerprint density at radius 3 is 2.82 bits per heavy atom. The van der Waals surface area contributed by atoms with Crippen molar-refractivity contribution in [2.45, 2.75) is 79.2 Å². The van der Waals surface area contributed by atoms with Crippen molar-refractivity contribution < 1.29 is 9.90 Å². The number of rotatable bonds is 9. The third kappa shape index (κ3) is 6.91. The molecule has 2 aromatic rings. The zero-order valence-corrected chi connectivity index (χ0v) is 21.6. The number of carbonyl (C=O) groups is 1. The highest BCUT2D eigenvalue weighted by molar-refractivity contribution is 7.19. The van der Waals surface area contributed by atoms with Crippen LogP contribution in [0.25, 0.3) is 16.2 Å². The quantitative estimate of drug-likeness (QED) is 0.373. The molecule has 0 radical (unpaired) electrons. The Morgan fingerprint density at radius 1 is 1.30 bits per heavy atom. The lowest BCUT2D eigenvalue weighted by Crippen LogP contribution is -2.32. The van der Waals surface area contributed by atoms with Gasteiger partial charge >= 0.3 is 0 Å². The first-order chi connectivity index (χ1) is 15.7. The van der Waals surface area contributed by atoms with Crippen molar-refractivity contribution in [1.82, 2.24) is 5.32 Å². The largest absolute Gasteiger partial charge is 0.391 e. The van der Waals surface area contributed by atoms with Gasteiger partial charge in [0.25, 0.3) is 5.91 Å². The molecule has 3 rings (SSSR count). The Balaban J connectivity index is 1.69. The van der Waals surface area contributed by atoms with Gasteiger partial charge in [0.2, 0.25) is 0 Å². The minimum Gasteiger partial charge on any atom is -0.391 e.